The maximum atomic E-state index is 13.0. The van der Waals surface area contributed by atoms with Crippen LogP contribution in [0.3, 0.4) is 0 Å². The standard InChI is InChI=1S/C23H27N3O4/c1-30-18-11-7-10-17(15-18)21(27)26-20(14-16-8-3-2-4-9-16)23(29)25-19-12-5-6-13-24-22(19)28/h2-4,7-11,15,19-20H,5-6,12-14H2,1H3,(H,24,28)(H,25,29)(H,26,27). The van der Waals surface area contributed by atoms with Crippen LogP contribution in [0, 0.1) is 0 Å². The Morgan fingerprint density at radius 2 is 1.93 bits per heavy atom. The van der Waals surface area contributed by atoms with E-state index in [0.29, 0.717) is 30.7 Å². The lowest BCUT2D eigenvalue weighted by Gasteiger charge is -2.22. The van der Waals surface area contributed by atoms with E-state index in [1.54, 1.807) is 24.3 Å². The van der Waals surface area contributed by atoms with Gasteiger partial charge in [-0.3, -0.25) is 14.4 Å². The fourth-order valence-electron chi connectivity index (χ4n) is 3.41. The third-order valence-electron chi connectivity index (χ3n) is 5.09. The van der Waals surface area contributed by atoms with Gasteiger partial charge in [0.15, 0.2) is 0 Å². The molecule has 3 amide bonds. The molecule has 7 nitrogen and oxygen atoms in total. The van der Waals surface area contributed by atoms with Crippen molar-refractivity contribution in [1.82, 2.24) is 16.0 Å². The summed E-state index contributed by atoms with van der Waals surface area (Å²) in [7, 11) is 1.53. The number of benzene rings is 2. The van der Waals surface area contributed by atoms with Gasteiger partial charge in [-0.1, -0.05) is 36.4 Å². The minimum atomic E-state index is -0.817. The van der Waals surface area contributed by atoms with Crippen LogP contribution in [0.2, 0.25) is 0 Å². The van der Waals surface area contributed by atoms with E-state index in [9.17, 15) is 14.4 Å². The second-order valence-electron chi connectivity index (χ2n) is 7.30. The van der Waals surface area contributed by atoms with Crippen molar-refractivity contribution >= 4 is 17.7 Å². The molecule has 3 N–H and O–H groups in total. The van der Waals surface area contributed by atoms with Gasteiger partial charge in [-0.15, -0.1) is 0 Å². The van der Waals surface area contributed by atoms with E-state index in [1.165, 1.54) is 7.11 Å². The Morgan fingerprint density at radius 1 is 1.13 bits per heavy atom. The monoisotopic (exact) mass is 409 g/mol. The highest BCUT2D eigenvalue weighted by atomic mass is 16.5. The van der Waals surface area contributed by atoms with Crippen LogP contribution in [0.15, 0.2) is 54.6 Å². The van der Waals surface area contributed by atoms with E-state index in [0.717, 1.165) is 18.4 Å². The first-order chi connectivity index (χ1) is 14.6. The lowest BCUT2D eigenvalue weighted by Crippen LogP contribution is -2.54. The van der Waals surface area contributed by atoms with Crippen molar-refractivity contribution < 1.29 is 19.1 Å². The Bertz CT molecular complexity index is 885. The quantitative estimate of drug-likeness (QED) is 0.650. The number of hydrogen-bond acceptors (Lipinski definition) is 4. The topological polar surface area (TPSA) is 96.5 Å². The number of methoxy groups -OCH3 is 1. The summed E-state index contributed by atoms with van der Waals surface area (Å²) in [6.45, 7) is 0.616. The molecule has 1 heterocycles. The van der Waals surface area contributed by atoms with Gasteiger partial charge in [0.1, 0.15) is 17.8 Å². The molecule has 2 atom stereocenters. The normalized spacial score (nSPS) is 17.2. The van der Waals surface area contributed by atoms with Crippen molar-refractivity contribution in [3.8, 4) is 5.75 Å². The molecular weight excluding hydrogens is 382 g/mol. The summed E-state index contributed by atoms with van der Waals surface area (Å²) in [6.07, 6.45) is 2.64. The molecule has 1 aliphatic rings. The SMILES string of the molecule is COc1cccc(C(=O)NC(Cc2ccccc2)C(=O)NC2CCCCNC2=O)c1. The minimum Gasteiger partial charge on any atom is -0.497 e. The van der Waals surface area contributed by atoms with Crippen LogP contribution in [0.25, 0.3) is 0 Å². The predicted molar refractivity (Wildman–Crippen MR) is 113 cm³/mol. The van der Waals surface area contributed by atoms with Crippen LogP contribution in [-0.2, 0) is 16.0 Å². The van der Waals surface area contributed by atoms with Gasteiger partial charge in [0.2, 0.25) is 11.8 Å². The van der Waals surface area contributed by atoms with Crippen LogP contribution in [0.5, 0.6) is 5.75 Å². The molecule has 7 heteroatoms. The Balaban J connectivity index is 1.76. The largest absolute Gasteiger partial charge is 0.497 e. The Hall–Kier alpha value is -3.35. The zero-order chi connectivity index (χ0) is 21.3. The van der Waals surface area contributed by atoms with Crippen LogP contribution in [0.1, 0.15) is 35.2 Å². The summed E-state index contributed by atoms with van der Waals surface area (Å²) >= 11 is 0. The van der Waals surface area contributed by atoms with Gasteiger partial charge < -0.3 is 20.7 Å². The second kappa shape index (κ2) is 10.4. The van der Waals surface area contributed by atoms with Gasteiger partial charge in [0.25, 0.3) is 5.91 Å². The van der Waals surface area contributed by atoms with Gasteiger partial charge in [0.05, 0.1) is 7.11 Å². The molecule has 0 aromatic heterocycles. The molecule has 158 valence electrons. The number of rotatable bonds is 7. The van der Waals surface area contributed by atoms with Crippen LogP contribution >= 0.6 is 0 Å². The van der Waals surface area contributed by atoms with Crippen molar-refractivity contribution in [2.75, 3.05) is 13.7 Å². The lowest BCUT2D eigenvalue weighted by atomic mass is 10.0. The van der Waals surface area contributed by atoms with Crippen molar-refractivity contribution in [3.63, 3.8) is 0 Å². The first kappa shape index (κ1) is 21.4. The van der Waals surface area contributed by atoms with Crippen LogP contribution in [-0.4, -0.2) is 43.5 Å². The summed E-state index contributed by atoms with van der Waals surface area (Å²) in [6, 6.07) is 14.8. The summed E-state index contributed by atoms with van der Waals surface area (Å²) in [5.41, 5.74) is 1.31. The first-order valence-corrected chi connectivity index (χ1v) is 10.1. The molecule has 1 fully saturated rings. The second-order valence-corrected chi connectivity index (χ2v) is 7.30. The van der Waals surface area contributed by atoms with Crippen molar-refractivity contribution in [2.24, 2.45) is 0 Å². The molecule has 0 aliphatic carbocycles. The van der Waals surface area contributed by atoms with E-state index in [4.69, 9.17) is 4.74 Å². The van der Waals surface area contributed by atoms with E-state index in [2.05, 4.69) is 16.0 Å². The molecule has 0 saturated carbocycles. The molecule has 1 aliphatic heterocycles. The highest BCUT2D eigenvalue weighted by Gasteiger charge is 2.28. The lowest BCUT2D eigenvalue weighted by molar-refractivity contribution is -0.129. The zero-order valence-electron chi connectivity index (χ0n) is 17.0. The van der Waals surface area contributed by atoms with E-state index in [-0.39, 0.29) is 17.7 Å². The number of carbonyl (C=O) groups excluding carboxylic acids is 3. The van der Waals surface area contributed by atoms with E-state index in [1.807, 2.05) is 30.3 Å². The van der Waals surface area contributed by atoms with Crippen LogP contribution in [0.4, 0.5) is 0 Å². The molecule has 3 rings (SSSR count). The first-order valence-electron chi connectivity index (χ1n) is 10.1. The van der Waals surface area contributed by atoms with Crippen molar-refractivity contribution in [3.05, 3.63) is 65.7 Å². The maximum absolute atomic E-state index is 13.0. The fraction of sp³-hybridized carbons (Fsp3) is 0.348. The third kappa shape index (κ3) is 5.83. The highest BCUT2D eigenvalue weighted by Crippen LogP contribution is 2.13. The van der Waals surface area contributed by atoms with Crippen LogP contribution < -0.4 is 20.7 Å². The number of ether oxygens (including phenoxy) is 1. The molecule has 2 aromatic carbocycles. The fourth-order valence-corrected chi connectivity index (χ4v) is 3.41. The summed E-state index contributed by atoms with van der Waals surface area (Å²) in [5.74, 6) is -0.382. The number of hydrogen-bond donors (Lipinski definition) is 3. The molecule has 30 heavy (non-hydrogen) atoms. The average molecular weight is 409 g/mol. The number of nitrogens with one attached hydrogen (secondary N) is 3. The summed E-state index contributed by atoms with van der Waals surface area (Å²) < 4.78 is 5.17. The molecule has 1 saturated heterocycles. The molecule has 2 unspecified atom stereocenters. The van der Waals surface area contributed by atoms with E-state index >= 15 is 0 Å². The Kier molecular flexibility index (Phi) is 7.43. The number of amides is 3. The van der Waals surface area contributed by atoms with Gasteiger partial charge in [-0.2, -0.15) is 0 Å². The predicted octanol–water partition coefficient (Wildman–Crippen LogP) is 1.82. The zero-order valence-corrected chi connectivity index (χ0v) is 17.0. The Morgan fingerprint density at radius 3 is 2.70 bits per heavy atom. The average Bonchev–Trinajstić information content (AvgIpc) is 2.98. The smallest absolute Gasteiger partial charge is 0.252 e. The van der Waals surface area contributed by atoms with E-state index < -0.39 is 12.1 Å². The van der Waals surface area contributed by atoms with Gasteiger partial charge in [0, 0.05) is 18.5 Å². The molecule has 0 bridgehead atoms. The van der Waals surface area contributed by atoms with Crippen molar-refractivity contribution in [1.29, 1.82) is 0 Å². The van der Waals surface area contributed by atoms with Gasteiger partial charge >= 0.3 is 0 Å². The van der Waals surface area contributed by atoms with Gasteiger partial charge in [-0.25, -0.2) is 0 Å². The summed E-state index contributed by atoms with van der Waals surface area (Å²) in [4.78, 5) is 38.1. The highest BCUT2D eigenvalue weighted by molar-refractivity contribution is 5.98. The minimum absolute atomic E-state index is 0.182. The van der Waals surface area contributed by atoms with Gasteiger partial charge in [-0.05, 0) is 43.0 Å². The molecule has 0 radical (unpaired) electrons. The maximum Gasteiger partial charge on any atom is 0.252 e. The molecule has 2 aromatic rings. The third-order valence-corrected chi connectivity index (χ3v) is 5.09. The molecular formula is C23H27N3O4. The van der Waals surface area contributed by atoms with Crippen molar-refractivity contribution in [2.45, 2.75) is 37.8 Å². The summed E-state index contributed by atoms with van der Waals surface area (Å²) in [5, 5.41) is 8.45. The molecule has 0 spiro atoms. The Labute approximate surface area is 176 Å². The number of carbonyl (C=O) groups is 3.